The molecular weight excluding hydrogens is 368 g/mol. The molecule has 0 aliphatic heterocycles. The van der Waals surface area contributed by atoms with E-state index in [2.05, 4.69) is 48.6 Å². The van der Waals surface area contributed by atoms with Gasteiger partial charge in [0.25, 0.3) is 0 Å². The molecule has 2 heterocycles. The van der Waals surface area contributed by atoms with Crippen LogP contribution in [-0.4, -0.2) is 28.2 Å². The van der Waals surface area contributed by atoms with Gasteiger partial charge in [0, 0.05) is 18.9 Å². The average Bonchev–Trinajstić information content (AvgIpc) is 3.35. The summed E-state index contributed by atoms with van der Waals surface area (Å²) in [5.74, 6) is 1.36. The van der Waals surface area contributed by atoms with E-state index in [1.54, 1.807) is 11.3 Å². The van der Waals surface area contributed by atoms with Crippen molar-refractivity contribution in [2.45, 2.75) is 38.1 Å². The molecule has 0 fully saturated rings. The predicted molar refractivity (Wildman–Crippen MR) is 113 cm³/mol. The van der Waals surface area contributed by atoms with E-state index in [1.165, 1.54) is 4.70 Å². The second-order valence-corrected chi connectivity index (χ2v) is 8.48. The Balaban J connectivity index is 1.72. The molecule has 2 unspecified atom stereocenters. The Kier molecular flexibility index (Phi) is 5.24. The lowest BCUT2D eigenvalue weighted by atomic mass is 9.79. The molecule has 0 radical (unpaired) electrons. The Morgan fingerprint density at radius 1 is 1.07 bits per heavy atom. The van der Waals surface area contributed by atoms with Gasteiger partial charge in [0.2, 0.25) is 5.89 Å². The minimum atomic E-state index is -0.441. The first-order valence-corrected chi connectivity index (χ1v) is 10.3. The SMILES string of the molecule is CNC(C)Cc1noc(C(C)(Cc2nc3ccccc3s2)c2ccccc2)n1. The van der Waals surface area contributed by atoms with Crippen molar-refractivity contribution < 1.29 is 4.52 Å². The topological polar surface area (TPSA) is 63.8 Å². The van der Waals surface area contributed by atoms with E-state index in [4.69, 9.17) is 14.5 Å². The second kappa shape index (κ2) is 7.81. The molecule has 0 saturated carbocycles. The smallest absolute Gasteiger partial charge is 0.237 e. The Bertz CT molecular complexity index is 1030. The van der Waals surface area contributed by atoms with Crippen molar-refractivity contribution >= 4 is 21.6 Å². The van der Waals surface area contributed by atoms with E-state index < -0.39 is 5.41 Å². The van der Waals surface area contributed by atoms with Crippen LogP contribution in [0.4, 0.5) is 0 Å². The van der Waals surface area contributed by atoms with Crippen molar-refractivity contribution in [3.8, 4) is 0 Å². The number of fused-ring (bicyclic) bond motifs is 1. The van der Waals surface area contributed by atoms with Gasteiger partial charge in [-0.3, -0.25) is 0 Å². The zero-order valence-electron chi connectivity index (χ0n) is 16.3. The van der Waals surface area contributed by atoms with E-state index in [0.717, 1.165) is 28.3 Å². The maximum atomic E-state index is 5.76. The highest BCUT2D eigenvalue weighted by Crippen LogP contribution is 2.36. The first-order valence-electron chi connectivity index (χ1n) is 9.49. The highest BCUT2D eigenvalue weighted by Gasteiger charge is 2.36. The van der Waals surface area contributed by atoms with Crippen LogP contribution in [0.15, 0.2) is 59.1 Å². The van der Waals surface area contributed by atoms with Gasteiger partial charge in [-0.15, -0.1) is 11.3 Å². The third-order valence-electron chi connectivity index (χ3n) is 5.18. The van der Waals surface area contributed by atoms with Crippen molar-refractivity contribution in [2.75, 3.05) is 7.05 Å². The van der Waals surface area contributed by atoms with Crippen molar-refractivity contribution in [3.05, 3.63) is 76.9 Å². The molecule has 0 saturated heterocycles. The first-order chi connectivity index (χ1) is 13.6. The molecular formula is C22H24N4OS. The van der Waals surface area contributed by atoms with Gasteiger partial charge in [-0.2, -0.15) is 4.98 Å². The number of nitrogens with zero attached hydrogens (tertiary/aromatic N) is 3. The molecule has 0 spiro atoms. The van der Waals surface area contributed by atoms with E-state index in [0.29, 0.717) is 12.3 Å². The molecule has 5 nitrogen and oxygen atoms in total. The number of hydrogen-bond donors (Lipinski definition) is 1. The predicted octanol–water partition coefficient (Wildman–Crippen LogP) is 4.38. The molecule has 2 aromatic carbocycles. The zero-order chi connectivity index (χ0) is 19.6. The van der Waals surface area contributed by atoms with E-state index in [1.807, 2.05) is 37.4 Å². The lowest BCUT2D eigenvalue weighted by molar-refractivity contribution is 0.316. The maximum Gasteiger partial charge on any atom is 0.237 e. The van der Waals surface area contributed by atoms with E-state index in [-0.39, 0.29) is 6.04 Å². The van der Waals surface area contributed by atoms with Crippen molar-refractivity contribution in [2.24, 2.45) is 0 Å². The van der Waals surface area contributed by atoms with Gasteiger partial charge in [-0.05, 0) is 38.6 Å². The fraction of sp³-hybridized carbons (Fsp3) is 0.318. The third-order valence-corrected chi connectivity index (χ3v) is 6.21. The number of rotatable bonds is 7. The molecule has 0 aliphatic carbocycles. The number of likely N-dealkylation sites (N-methyl/N-ethyl adjacent to an activating group) is 1. The lowest BCUT2D eigenvalue weighted by Crippen LogP contribution is -2.27. The van der Waals surface area contributed by atoms with Crippen molar-refractivity contribution in [1.82, 2.24) is 20.4 Å². The first kappa shape index (κ1) is 18.8. The van der Waals surface area contributed by atoms with Crippen LogP contribution in [0.5, 0.6) is 0 Å². The Hall–Kier alpha value is -2.57. The van der Waals surface area contributed by atoms with Crippen LogP contribution in [0.2, 0.25) is 0 Å². The van der Waals surface area contributed by atoms with Crippen LogP contribution < -0.4 is 5.32 Å². The van der Waals surface area contributed by atoms with Crippen LogP contribution in [-0.2, 0) is 18.3 Å². The van der Waals surface area contributed by atoms with Crippen LogP contribution in [0.3, 0.4) is 0 Å². The molecule has 4 rings (SSSR count). The van der Waals surface area contributed by atoms with Gasteiger partial charge in [0.05, 0.1) is 20.6 Å². The number of thiazole rings is 1. The van der Waals surface area contributed by atoms with Crippen LogP contribution in [0.1, 0.15) is 36.1 Å². The van der Waals surface area contributed by atoms with Gasteiger partial charge >= 0.3 is 0 Å². The number of para-hydroxylation sites is 1. The second-order valence-electron chi connectivity index (χ2n) is 7.36. The largest absolute Gasteiger partial charge is 0.338 e. The van der Waals surface area contributed by atoms with Gasteiger partial charge < -0.3 is 9.84 Å². The highest BCUT2D eigenvalue weighted by molar-refractivity contribution is 7.18. The molecule has 1 N–H and O–H groups in total. The number of benzene rings is 2. The van der Waals surface area contributed by atoms with Crippen LogP contribution >= 0.6 is 11.3 Å². The van der Waals surface area contributed by atoms with E-state index in [9.17, 15) is 0 Å². The summed E-state index contributed by atoms with van der Waals surface area (Å²) in [5, 5.41) is 8.52. The number of nitrogens with one attached hydrogen (secondary N) is 1. The Morgan fingerprint density at radius 2 is 1.82 bits per heavy atom. The molecule has 2 aromatic heterocycles. The molecule has 2 atom stereocenters. The molecule has 144 valence electrons. The summed E-state index contributed by atoms with van der Waals surface area (Å²) < 4.78 is 6.96. The summed E-state index contributed by atoms with van der Waals surface area (Å²) in [6.07, 6.45) is 1.44. The fourth-order valence-electron chi connectivity index (χ4n) is 3.34. The molecule has 0 aliphatic rings. The fourth-order valence-corrected chi connectivity index (χ4v) is 4.47. The summed E-state index contributed by atoms with van der Waals surface area (Å²) in [6.45, 7) is 4.26. The van der Waals surface area contributed by atoms with Crippen molar-refractivity contribution in [3.63, 3.8) is 0 Å². The molecule has 0 bridgehead atoms. The monoisotopic (exact) mass is 392 g/mol. The zero-order valence-corrected chi connectivity index (χ0v) is 17.2. The summed E-state index contributed by atoms with van der Waals surface area (Å²) in [6, 6.07) is 18.9. The van der Waals surface area contributed by atoms with E-state index >= 15 is 0 Å². The summed E-state index contributed by atoms with van der Waals surface area (Å²) in [7, 11) is 1.94. The van der Waals surface area contributed by atoms with Gasteiger partial charge in [0.1, 0.15) is 0 Å². The Labute approximate surface area is 168 Å². The lowest BCUT2D eigenvalue weighted by Gasteiger charge is -2.25. The standard InChI is InChI=1S/C22H24N4OS/c1-15(23-3)13-19-25-21(27-26-19)22(2,16-9-5-4-6-10-16)14-20-24-17-11-7-8-12-18(17)28-20/h4-12,15,23H,13-14H2,1-3H3. The Morgan fingerprint density at radius 3 is 2.57 bits per heavy atom. The molecule has 4 aromatic rings. The minimum Gasteiger partial charge on any atom is -0.338 e. The number of hydrogen-bond acceptors (Lipinski definition) is 6. The summed E-state index contributed by atoms with van der Waals surface area (Å²) in [5.41, 5.74) is 1.74. The van der Waals surface area contributed by atoms with Gasteiger partial charge in [-0.1, -0.05) is 47.6 Å². The van der Waals surface area contributed by atoms with Gasteiger partial charge in [-0.25, -0.2) is 4.98 Å². The molecule has 6 heteroatoms. The van der Waals surface area contributed by atoms with Crippen LogP contribution in [0.25, 0.3) is 10.2 Å². The minimum absolute atomic E-state index is 0.290. The summed E-state index contributed by atoms with van der Waals surface area (Å²) in [4.78, 5) is 9.59. The maximum absolute atomic E-state index is 5.76. The van der Waals surface area contributed by atoms with Crippen molar-refractivity contribution in [1.29, 1.82) is 0 Å². The van der Waals surface area contributed by atoms with Crippen LogP contribution in [0, 0.1) is 0 Å². The number of aromatic nitrogens is 3. The third kappa shape index (κ3) is 3.70. The normalized spacial score (nSPS) is 14.8. The average molecular weight is 393 g/mol. The highest BCUT2D eigenvalue weighted by atomic mass is 32.1. The molecule has 0 amide bonds. The molecule has 28 heavy (non-hydrogen) atoms. The quantitative estimate of drug-likeness (QED) is 0.506. The summed E-state index contributed by atoms with van der Waals surface area (Å²) >= 11 is 1.72. The van der Waals surface area contributed by atoms with Gasteiger partial charge in [0.15, 0.2) is 5.82 Å².